The van der Waals surface area contributed by atoms with Crippen LogP contribution in [0.4, 0.5) is 0 Å². The van der Waals surface area contributed by atoms with Gasteiger partial charge < -0.3 is 4.74 Å². The fraction of sp³-hybridized carbons (Fsp3) is 0.692. The van der Waals surface area contributed by atoms with Gasteiger partial charge in [0.05, 0.1) is 12.8 Å². The molecule has 6 nitrogen and oxygen atoms in total. The Balaban J connectivity index is 1.56. The first-order chi connectivity index (χ1) is 9.24. The summed E-state index contributed by atoms with van der Waals surface area (Å²) in [5.41, 5.74) is 3.56. The first kappa shape index (κ1) is 12.6. The number of hydrogen-bond acceptors (Lipinski definition) is 4. The topological polar surface area (TPSA) is 65.4 Å². The van der Waals surface area contributed by atoms with Gasteiger partial charge in [-0.25, -0.2) is 5.48 Å². The standard InChI is InChI=1S/C13H19N3O3/c1-16-7-10(6-14-16)11-4-5-18-12(11)13(17)15-19-8-9-2-3-9/h6-7,9,11-12H,2-5,8H2,1H3,(H,15,17)/t11-,12-/m0/s1. The third kappa shape index (κ3) is 2.96. The summed E-state index contributed by atoms with van der Waals surface area (Å²) < 4.78 is 7.28. The molecule has 2 fully saturated rings. The summed E-state index contributed by atoms with van der Waals surface area (Å²) in [6.45, 7) is 1.20. The van der Waals surface area contributed by atoms with Crippen molar-refractivity contribution in [3.05, 3.63) is 18.0 Å². The van der Waals surface area contributed by atoms with Gasteiger partial charge in [-0.15, -0.1) is 0 Å². The summed E-state index contributed by atoms with van der Waals surface area (Å²) >= 11 is 0. The number of amides is 1. The van der Waals surface area contributed by atoms with Gasteiger partial charge >= 0.3 is 0 Å². The van der Waals surface area contributed by atoms with Gasteiger partial charge in [-0.1, -0.05) is 0 Å². The molecule has 1 aliphatic carbocycles. The lowest BCUT2D eigenvalue weighted by Crippen LogP contribution is -2.37. The van der Waals surface area contributed by atoms with E-state index < -0.39 is 6.10 Å². The van der Waals surface area contributed by atoms with Crippen LogP contribution >= 0.6 is 0 Å². The summed E-state index contributed by atoms with van der Waals surface area (Å²) in [7, 11) is 1.87. The normalized spacial score (nSPS) is 26.6. The van der Waals surface area contributed by atoms with Crippen molar-refractivity contribution in [1.29, 1.82) is 0 Å². The number of nitrogens with zero attached hydrogens (tertiary/aromatic N) is 2. The van der Waals surface area contributed by atoms with Crippen LogP contribution in [0.15, 0.2) is 12.4 Å². The minimum absolute atomic E-state index is 0.0678. The number of carbonyl (C=O) groups is 1. The van der Waals surface area contributed by atoms with E-state index in [2.05, 4.69) is 10.6 Å². The van der Waals surface area contributed by atoms with Gasteiger partial charge in [0.25, 0.3) is 5.91 Å². The van der Waals surface area contributed by atoms with E-state index in [9.17, 15) is 4.79 Å². The van der Waals surface area contributed by atoms with Gasteiger partial charge in [0.15, 0.2) is 0 Å². The summed E-state index contributed by atoms with van der Waals surface area (Å²) in [6, 6.07) is 0. The van der Waals surface area contributed by atoms with E-state index in [1.807, 2.05) is 13.2 Å². The molecule has 2 atom stereocenters. The Kier molecular flexibility index (Phi) is 3.52. The highest BCUT2D eigenvalue weighted by Gasteiger charge is 2.36. The van der Waals surface area contributed by atoms with Gasteiger partial charge in [-0.3, -0.25) is 14.3 Å². The molecule has 1 N–H and O–H groups in total. The third-order valence-electron chi connectivity index (χ3n) is 3.69. The zero-order valence-corrected chi connectivity index (χ0v) is 11.0. The second-order valence-corrected chi connectivity index (χ2v) is 5.35. The minimum Gasteiger partial charge on any atom is -0.368 e. The highest BCUT2D eigenvalue weighted by atomic mass is 16.7. The number of rotatable bonds is 5. The van der Waals surface area contributed by atoms with Crippen LogP contribution in [0.2, 0.25) is 0 Å². The molecule has 6 heteroatoms. The smallest absolute Gasteiger partial charge is 0.273 e. The maximum atomic E-state index is 12.0. The van der Waals surface area contributed by atoms with Crippen molar-refractivity contribution in [2.24, 2.45) is 13.0 Å². The van der Waals surface area contributed by atoms with Crippen molar-refractivity contribution < 1.29 is 14.4 Å². The van der Waals surface area contributed by atoms with Crippen molar-refractivity contribution in [2.45, 2.75) is 31.3 Å². The van der Waals surface area contributed by atoms with Gasteiger partial charge in [0.1, 0.15) is 6.10 Å². The SMILES string of the molecule is Cn1cc([C@@H]2CCO[C@@H]2C(=O)NOCC2CC2)cn1. The molecule has 0 spiro atoms. The summed E-state index contributed by atoms with van der Waals surface area (Å²) in [4.78, 5) is 17.3. The fourth-order valence-corrected chi connectivity index (χ4v) is 2.39. The molecule has 1 aliphatic heterocycles. The monoisotopic (exact) mass is 265 g/mol. The van der Waals surface area contributed by atoms with E-state index in [1.54, 1.807) is 10.9 Å². The highest BCUT2D eigenvalue weighted by Crippen LogP contribution is 2.31. The van der Waals surface area contributed by atoms with Crippen LogP contribution in [0.3, 0.4) is 0 Å². The summed E-state index contributed by atoms with van der Waals surface area (Å²) in [6.07, 6.45) is 6.51. The fourth-order valence-electron chi connectivity index (χ4n) is 2.39. The predicted octanol–water partition coefficient (Wildman–Crippen LogP) is 0.750. The van der Waals surface area contributed by atoms with Crippen LogP contribution in [0, 0.1) is 5.92 Å². The van der Waals surface area contributed by atoms with Crippen LogP contribution < -0.4 is 5.48 Å². The zero-order valence-electron chi connectivity index (χ0n) is 11.0. The Hall–Kier alpha value is -1.40. The van der Waals surface area contributed by atoms with Gasteiger partial charge in [-0.2, -0.15) is 5.10 Å². The van der Waals surface area contributed by atoms with Crippen molar-refractivity contribution >= 4 is 5.91 Å². The number of aryl methyl sites for hydroxylation is 1. The Bertz CT molecular complexity index is 456. The average molecular weight is 265 g/mol. The van der Waals surface area contributed by atoms with E-state index in [0.717, 1.165) is 12.0 Å². The first-order valence-corrected chi connectivity index (χ1v) is 6.76. The zero-order chi connectivity index (χ0) is 13.2. The molecule has 1 amide bonds. The predicted molar refractivity (Wildman–Crippen MR) is 67.1 cm³/mol. The molecule has 1 aromatic rings. The van der Waals surface area contributed by atoms with Crippen LogP contribution in [-0.4, -0.2) is 35.0 Å². The summed E-state index contributed by atoms with van der Waals surface area (Å²) in [5, 5.41) is 4.15. The molecule has 0 aromatic carbocycles. The molecular weight excluding hydrogens is 246 g/mol. The molecule has 2 aliphatic rings. The Morgan fingerprint density at radius 3 is 3.11 bits per heavy atom. The molecule has 2 heterocycles. The largest absolute Gasteiger partial charge is 0.368 e. The number of nitrogens with one attached hydrogen (secondary N) is 1. The van der Waals surface area contributed by atoms with Crippen molar-refractivity contribution in [1.82, 2.24) is 15.3 Å². The van der Waals surface area contributed by atoms with Crippen molar-refractivity contribution in [2.75, 3.05) is 13.2 Å². The van der Waals surface area contributed by atoms with E-state index in [4.69, 9.17) is 9.57 Å². The second kappa shape index (κ2) is 5.30. The molecule has 0 unspecified atom stereocenters. The van der Waals surface area contributed by atoms with Crippen molar-refractivity contribution in [3.63, 3.8) is 0 Å². The maximum absolute atomic E-state index is 12.0. The van der Waals surface area contributed by atoms with Gasteiger partial charge in [0, 0.05) is 25.8 Å². The first-order valence-electron chi connectivity index (χ1n) is 6.76. The second-order valence-electron chi connectivity index (χ2n) is 5.35. The molecule has 1 aromatic heterocycles. The molecule has 19 heavy (non-hydrogen) atoms. The molecule has 0 bridgehead atoms. The Morgan fingerprint density at radius 1 is 1.58 bits per heavy atom. The average Bonchev–Trinajstić information content (AvgIpc) is 2.91. The highest BCUT2D eigenvalue weighted by molar-refractivity contribution is 5.81. The number of aromatic nitrogens is 2. The number of hydrogen-bond donors (Lipinski definition) is 1. The number of ether oxygens (including phenoxy) is 1. The molecule has 104 valence electrons. The third-order valence-corrected chi connectivity index (χ3v) is 3.69. The van der Waals surface area contributed by atoms with Crippen molar-refractivity contribution in [3.8, 4) is 0 Å². The Labute approximate surface area is 112 Å². The molecular formula is C13H19N3O3. The molecule has 1 saturated carbocycles. The number of carbonyl (C=O) groups excluding carboxylic acids is 1. The van der Waals surface area contributed by atoms with Crippen LogP contribution in [0.5, 0.6) is 0 Å². The van der Waals surface area contributed by atoms with Crippen LogP contribution in [0.1, 0.15) is 30.7 Å². The quantitative estimate of drug-likeness (QED) is 0.798. The molecule has 3 rings (SSSR count). The summed E-state index contributed by atoms with van der Waals surface area (Å²) in [5.74, 6) is 0.504. The van der Waals surface area contributed by atoms with Crippen LogP contribution in [-0.2, 0) is 21.4 Å². The van der Waals surface area contributed by atoms with E-state index in [-0.39, 0.29) is 11.8 Å². The lowest BCUT2D eigenvalue weighted by atomic mass is 9.95. The van der Waals surface area contributed by atoms with E-state index in [1.165, 1.54) is 12.8 Å². The minimum atomic E-state index is -0.469. The van der Waals surface area contributed by atoms with E-state index >= 15 is 0 Å². The number of hydroxylamine groups is 1. The van der Waals surface area contributed by atoms with E-state index in [0.29, 0.717) is 19.1 Å². The van der Waals surface area contributed by atoms with Gasteiger partial charge in [-0.05, 0) is 30.7 Å². The molecule has 0 radical (unpaired) electrons. The molecule has 1 saturated heterocycles. The van der Waals surface area contributed by atoms with Crippen LogP contribution in [0.25, 0.3) is 0 Å². The maximum Gasteiger partial charge on any atom is 0.273 e. The lowest BCUT2D eigenvalue weighted by molar-refractivity contribution is -0.144. The Morgan fingerprint density at radius 2 is 2.42 bits per heavy atom. The lowest BCUT2D eigenvalue weighted by Gasteiger charge is -2.16. The van der Waals surface area contributed by atoms with Gasteiger partial charge in [0.2, 0.25) is 0 Å².